The van der Waals surface area contributed by atoms with Gasteiger partial charge in [0.1, 0.15) is 6.04 Å². The molecule has 134 valence electrons. The summed E-state index contributed by atoms with van der Waals surface area (Å²) in [7, 11) is -4.26. The maximum absolute atomic E-state index is 13.0. The first-order valence-electron chi connectivity index (χ1n) is 6.73. The summed E-state index contributed by atoms with van der Waals surface area (Å²) in [5.74, 6) is -1.36. The van der Waals surface area contributed by atoms with Crippen LogP contribution in [0.25, 0.3) is 0 Å². The molecule has 0 aliphatic carbocycles. The van der Waals surface area contributed by atoms with Gasteiger partial charge in [-0.1, -0.05) is 46.4 Å². The van der Waals surface area contributed by atoms with Crippen LogP contribution in [0.5, 0.6) is 0 Å². The van der Waals surface area contributed by atoms with Gasteiger partial charge in [0.15, 0.2) is 0 Å². The van der Waals surface area contributed by atoms with Gasteiger partial charge in [-0.15, -0.1) is 0 Å². The lowest BCUT2D eigenvalue weighted by molar-refractivity contribution is -0.137. The number of nitrogens with zero attached hydrogens (tertiary/aromatic N) is 1. The van der Waals surface area contributed by atoms with Gasteiger partial charge in [-0.25, -0.2) is 13.2 Å². The number of anilines is 1. The van der Waals surface area contributed by atoms with Crippen LogP contribution in [0.1, 0.15) is 6.92 Å². The molecule has 1 unspecified atom stereocenters. The van der Waals surface area contributed by atoms with Crippen LogP contribution >= 0.6 is 46.4 Å². The van der Waals surface area contributed by atoms with Crippen LogP contribution in [0.2, 0.25) is 20.1 Å². The van der Waals surface area contributed by atoms with Crippen LogP contribution in [0.3, 0.4) is 0 Å². The summed E-state index contributed by atoms with van der Waals surface area (Å²) < 4.78 is 26.7. The number of hydrogen-bond acceptors (Lipinski definition) is 3. The molecule has 0 aliphatic heterocycles. The average Bonchev–Trinajstić information content (AvgIpc) is 2.52. The van der Waals surface area contributed by atoms with Crippen molar-refractivity contribution in [2.75, 3.05) is 4.31 Å². The molecule has 0 aromatic heterocycles. The van der Waals surface area contributed by atoms with Gasteiger partial charge in [0.2, 0.25) is 0 Å². The lowest BCUT2D eigenvalue weighted by atomic mass is 10.2. The predicted octanol–water partition coefficient (Wildman–Crippen LogP) is 4.97. The number of halogens is 4. The molecule has 5 nitrogen and oxygen atoms in total. The summed E-state index contributed by atoms with van der Waals surface area (Å²) in [6.07, 6.45) is 0. The number of carboxylic acid groups (broad SMARTS) is 1. The van der Waals surface area contributed by atoms with Crippen LogP contribution in [-0.4, -0.2) is 25.5 Å². The molecule has 0 spiro atoms. The van der Waals surface area contributed by atoms with E-state index in [2.05, 4.69) is 0 Å². The van der Waals surface area contributed by atoms with E-state index in [1.54, 1.807) is 0 Å². The molecule has 0 saturated heterocycles. The van der Waals surface area contributed by atoms with E-state index in [1.807, 2.05) is 0 Å². The second-order valence-electron chi connectivity index (χ2n) is 4.99. The molecule has 2 aromatic rings. The Kier molecular flexibility index (Phi) is 6.12. The van der Waals surface area contributed by atoms with Crippen molar-refractivity contribution in [1.82, 2.24) is 0 Å². The second-order valence-corrected chi connectivity index (χ2v) is 8.46. The molecule has 25 heavy (non-hydrogen) atoms. The van der Waals surface area contributed by atoms with Crippen LogP contribution in [0, 0.1) is 0 Å². The van der Waals surface area contributed by atoms with Crippen LogP contribution in [0.15, 0.2) is 41.3 Å². The fraction of sp³-hybridized carbons (Fsp3) is 0.133. The Morgan fingerprint density at radius 3 is 2.04 bits per heavy atom. The van der Waals surface area contributed by atoms with E-state index < -0.39 is 22.0 Å². The van der Waals surface area contributed by atoms with Crippen molar-refractivity contribution < 1.29 is 18.3 Å². The first-order valence-corrected chi connectivity index (χ1v) is 9.68. The van der Waals surface area contributed by atoms with Crippen molar-refractivity contribution in [3.8, 4) is 0 Å². The Labute approximate surface area is 164 Å². The summed E-state index contributed by atoms with van der Waals surface area (Å²) in [6.45, 7) is 1.22. The minimum absolute atomic E-state index is 0.0370. The topological polar surface area (TPSA) is 74.7 Å². The third-order valence-electron chi connectivity index (χ3n) is 3.31. The van der Waals surface area contributed by atoms with E-state index in [0.29, 0.717) is 9.33 Å². The SMILES string of the molecule is CC(C(=O)O)N(c1cc(Cl)c(Cl)cc1Cl)S(=O)(=O)c1ccc(Cl)cc1. The molecule has 0 bridgehead atoms. The lowest BCUT2D eigenvalue weighted by Gasteiger charge is -2.29. The minimum atomic E-state index is -4.26. The Morgan fingerprint density at radius 2 is 1.52 bits per heavy atom. The number of sulfonamides is 1. The largest absolute Gasteiger partial charge is 0.480 e. The molecule has 0 saturated carbocycles. The van der Waals surface area contributed by atoms with E-state index in [1.165, 1.54) is 43.3 Å². The number of hydrogen-bond donors (Lipinski definition) is 1. The molecule has 0 amide bonds. The fourth-order valence-electron chi connectivity index (χ4n) is 2.05. The molecule has 0 fully saturated rings. The smallest absolute Gasteiger partial charge is 0.327 e. The Balaban J connectivity index is 2.71. The standard InChI is InChI=1S/C15H11Cl4NO4S/c1-8(15(21)22)20(14-7-12(18)11(17)6-13(14)19)25(23,24)10-4-2-9(16)3-5-10/h2-8H,1H3,(H,21,22). The Hall–Kier alpha value is -1.18. The molecule has 0 aliphatic rings. The van der Waals surface area contributed by atoms with Crippen molar-refractivity contribution in [2.24, 2.45) is 0 Å². The van der Waals surface area contributed by atoms with Gasteiger partial charge in [-0.3, -0.25) is 4.31 Å². The normalized spacial score (nSPS) is 12.7. The summed E-state index contributed by atoms with van der Waals surface area (Å²) in [5.41, 5.74) is -0.0964. The molecule has 0 radical (unpaired) electrons. The zero-order chi connectivity index (χ0) is 18.9. The number of rotatable bonds is 5. The first kappa shape index (κ1) is 20.1. The number of carboxylic acids is 1. The summed E-state index contributed by atoms with van der Waals surface area (Å²) in [4.78, 5) is 11.3. The quantitative estimate of drug-likeness (QED) is 0.663. The van der Waals surface area contributed by atoms with Crippen molar-refractivity contribution in [3.05, 3.63) is 56.5 Å². The zero-order valence-corrected chi connectivity index (χ0v) is 16.4. The van der Waals surface area contributed by atoms with Crippen molar-refractivity contribution >= 4 is 68.1 Å². The molecule has 2 aromatic carbocycles. The maximum atomic E-state index is 13.0. The van der Waals surface area contributed by atoms with Gasteiger partial charge < -0.3 is 5.11 Å². The first-order chi connectivity index (χ1) is 11.6. The number of aliphatic carboxylic acids is 1. The molecule has 1 atom stereocenters. The summed E-state index contributed by atoms with van der Waals surface area (Å²) in [6, 6.07) is 6.31. The van der Waals surface area contributed by atoms with Crippen molar-refractivity contribution in [2.45, 2.75) is 17.9 Å². The minimum Gasteiger partial charge on any atom is -0.480 e. The van der Waals surface area contributed by atoms with E-state index in [-0.39, 0.29) is 25.7 Å². The van der Waals surface area contributed by atoms with Crippen LogP contribution < -0.4 is 4.31 Å². The molecular formula is C15H11Cl4NO4S. The van der Waals surface area contributed by atoms with E-state index in [9.17, 15) is 18.3 Å². The third-order valence-corrected chi connectivity index (χ3v) is 6.48. The zero-order valence-electron chi connectivity index (χ0n) is 12.6. The fourth-order valence-corrected chi connectivity index (χ4v) is 4.48. The van der Waals surface area contributed by atoms with Gasteiger partial charge >= 0.3 is 5.97 Å². The average molecular weight is 443 g/mol. The Bertz CT molecular complexity index is 916. The highest BCUT2D eigenvalue weighted by Crippen LogP contribution is 2.38. The van der Waals surface area contributed by atoms with Gasteiger partial charge in [-0.05, 0) is 43.3 Å². The predicted molar refractivity (Wildman–Crippen MR) is 99.7 cm³/mol. The van der Waals surface area contributed by atoms with Gasteiger partial charge in [0.25, 0.3) is 10.0 Å². The van der Waals surface area contributed by atoms with E-state index >= 15 is 0 Å². The highest BCUT2D eigenvalue weighted by molar-refractivity contribution is 7.93. The molecule has 10 heteroatoms. The van der Waals surface area contributed by atoms with Crippen molar-refractivity contribution in [3.63, 3.8) is 0 Å². The molecule has 0 heterocycles. The van der Waals surface area contributed by atoms with Crippen molar-refractivity contribution in [1.29, 1.82) is 0 Å². The van der Waals surface area contributed by atoms with Crippen LogP contribution in [0.4, 0.5) is 5.69 Å². The second kappa shape index (κ2) is 7.60. The lowest BCUT2D eigenvalue weighted by Crippen LogP contribution is -2.43. The number of benzene rings is 2. The molecular weight excluding hydrogens is 432 g/mol. The van der Waals surface area contributed by atoms with E-state index in [4.69, 9.17) is 46.4 Å². The highest BCUT2D eigenvalue weighted by atomic mass is 35.5. The summed E-state index contributed by atoms with van der Waals surface area (Å²) >= 11 is 23.7. The highest BCUT2D eigenvalue weighted by Gasteiger charge is 2.35. The van der Waals surface area contributed by atoms with Gasteiger partial charge in [0, 0.05) is 5.02 Å². The molecule has 1 N–H and O–H groups in total. The van der Waals surface area contributed by atoms with Gasteiger partial charge in [-0.2, -0.15) is 0 Å². The van der Waals surface area contributed by atoms with E-state index in [0.717, 1.165) is 0 Å². The maximum Gasteiger partial charge on any atom is 0.327 e. The Morgan fingerprint density at radius 1 is 1.00 bits per heavy atom. The summed E-state index contributed by atoms with van der Waals surface area (Å²) in [5, 5.41) is 9.79. The van der Waals surface area contributed by atoms with Gasteiger partial charge in [0.05, 0.1) is 25.7 Å². The number of carbonyl (C=O) groups is 1. The molecule has 2 rings (SSSR count). The van der Waals surface area contributed by atoms with Crippen LogP contribution in [-0.2, 0) is 14.8 Å². The monoisotopic (exact) mass is 441 g/mol. The third kappa shape index (κ3) is 4.15.